The molecule has 0 amide bonds. The SMILES string of the molecule is CN=C(NCCc1c(C)[nH]c2ccccc12)N1CCC(COCc2ccccc2)C1.I. The highest BCUT2D eigenvalue weighted by molar-refractivity contribution is 14.0. The quantitative estimate of drug-likeness (QED) is 0.263. The molecule has 6 heteroatoms. The average Bonchev–Trinajstić information content (AvgIpc) is 3.36. The molecule has 166 valence electrons. The zero-order valence-corrected chi connectivity index (χ0v) is 20.8. The molecule has 0 aliphatic carbocycles. The number of nitrogens with zero attached hydrogens (tertiary/aromatic N) is 2. The van der Waals surface area contributed by atoms with E-state index in [4.69, 9.17) is 4.74 Å². The zero-order valence-electron chi connectivity index (χ0n) is 18.4. The van der Waals surface area contributed by atoms with Crippen LogP contribution in [0.3, 0.4) is 0 Å². The fourth-order valence-corrected chi connectivity index (χ4v) is 4.37. The third-order valence-corrected chi connectivity index (χ3v) is 5.95. The summed E-state index contributed by atoms with van der Waals surface area (Å²) >= 11 is 0. The molecule has 0 saturated carbocycles. The normalized spacial score (nSPS) is 16.5. The Morgan fingerprint density at radius 1 is 1.16 bits per heavy atom. The number of aliphatic imine (C=N–C) groups is 1. The van der Waals surface area contributed by atoms with Crippen LogP contribution in [0.5, 0.6) is 0 Å². The second-order valence-electron chi connectivity index (χ2n) is 8.10. The van der Waals surface area contributed by atoms with Crippen molar-refractivity contribution in [1.29, 1.82) is 0 Å². The van der Waals surface area contributed by atoms with Crippen LogP contribution in [0.1, 0.15) is 23.2 Å². The van der Waals surface area contributed by atoms with Gasteiger partial charge in [0.05, 0.1) is 13.2 Å². The van der Waals surface area contributed by atoms with Crippen LogP contribution in [0.25, 0.3) is 10.9 Å². The number of guanidine groups is 1. The lowest BCUT2D eigenvalue weighted by Gasteiger charge is -2.22. The van der Waals surface area contributed by atoms with Gasteiger partial charge >= 0.3 is 0 Å². The summed E-state index contributed by atoms with van der Waals surface area (Å²) in [6, 6.07) is 18.9. The number of fused-ring (bicyclic) bond motifs is 1. The number of hydrogen-bond acceptors (Lipinski definition) is 2. The van der Waals surface area contributed by atoms with E-state index in [1.54, 1.807) is 0 Å². The van der Waals surface area contributed by atoms with Gasteiger partial charge < -0.3 is 19.9 Å². The van der Waals surface area contributed by atoms with Gasteiger partial charge in [-0.3, -0.25) is 4.99 Å². The van der Waals surface area contributed by atoms with Gasteiger partial charge in [0.1, 0.15) is 0 Å². The van der Waals surface area contributed by atoms with Crippen molar-refractivity contribution in [3.8, 4) is 0 Å². The number of ether oxygens (including phenoxy) is 1. The number of aryl methyl sites for hydroxylation is 1. The lowest BCUT2D eigenvalue weighted by atomic mass is 10.1. The maximum absolute atomic E-state index is 5.96. The molecule has 31 heavy (non-hydrogen) atoms. The van der Waals surface area contributed by atoms with Gasteiger partial charge in [-0.1, -0.05) is 48.5 Å². The molecular formula is C25H33IN4O. The third-order valence-electron chi connectivity index (χ3n) is 5.95. The molecule has 1 fully saturated rings. The van der Waals surface area contributed by atoms with Crippen LogP contribution in [-0.2, 0) is 17.8 Å². The van der Waals surface area contributed by atoms with E-state index in [0.717, 1.165) is 45.0 Å². The summed E-state index contributed by atoms with van der Waals surface area (Å²) in [6.07, 6.45) is 2.13. The molecule has 1 saturated heterocycles. The third kappa shape index (κ3) is 6.01. The number of hydrogen-bond donors (Lipinski definition) is 2. The summed E-state index contributed by atoms with van der Waals surface area (Å²) in [6.45, 7) is 6.56. The highest BCUT2D eigenvalue weighted by Gasteiger charge is 2.25. The van der Waals surface area contributed by atoms with Crippen LogP contribution in [-0.4, -0.2) is 49.1 Å². The van der Waals surface area contributed by atoms with Crippen LogP contribution in [0.15, 0.2) is 59.6 Å². The van der Waals surface area contributed by atoms with Crippen molar-refractivity contribution >= 4 is 40.8 Å². The topological polar surface area (TPSA) is 52.7 Å². The molecule has 4 rings (SSSR count). The van der Waals surface area contributed by atoms with E-state index in [1.807, 2.05) is 13.1 Å². The number of likely N-dealkylation sites (tertiary alicyclic amines) is 1. The molecule has 2 N–H and O–H groups in total. The maximum atomic E-state index is 5.96. The molecule has 2 aromatic carbocycles. The summed E-state index contributed by atoms with van der Waals surface area (Å²) in [5.74, 6) is 1.56. The van der Waals surface area contributed by atoms with Gasteiger partial charge in [0, 0.05) is 49.2 Å². The Hall–Kier alpha value is -2.06. The molecule has 0 radical (unpaired) electrons. The monoisotopic (exact) mass is 532 g/mol. The van der Waals surface area contributed by atoms with E-state index < -0.39 is 0 Å². The lowest BCUT2D eigenvalue weighted by Crippen LogP contribution is -2.41. The smallest absolute Gasteiger partial charge is 0.193 e. The van der Waals surface area contributed by atoms with Gasteiger partial charge in [0.25, 0.3) is 0 Å². The van der Waals surface area contributed by atoms with Crippen molar-refractivity contribution in [2.24, 2.45) is 10.9 Å². The highest BCUT2D eigenvalue weighted by atomic mass is 127. The predicted molar refractivity (Wildman–Crippen MR) is 139 cm³/mol. The number of para-hydroxylation sites is 1. The molecule has 2 heterocycles. The molecule has 1 aliphatic rings. The van der Waals surface area contributed by atoms with Gasteiger partial charge in [-0.2, -0.15) is 0 Å². The first-order chi connectivity index (χ1) is 14.7. The minimum Gasteiger partial charge on any atom is -0.376 e. The number of halogens is 1. The van der Waals surface area contributed by atoms with Gasteiger partial charge in [-0.05, 0) is 37.0 Å². The van der Waals surface area contributed by atoms with E-state index >= 15 is 0 Å². The first-order valence-electron chi connectivity index (χ1n) is 10.9. The van der Waals surface area contributed by atoms with E-state index in [-0.39, 0.29) is 24.0 Å². The Bertz CT molecular complexity index is 986. The molecule has 1 atom stereocenters. The van der Waals surface area contributed by atoms with Gasteiger partial charge in [-0.25, -0.2) is 0 Å². The molecule has 0 bridgehead atoms. The molecule has 1 unspecified atom stereocenters. The Morgan fingerprint density at radius 2 is 1.94 bits per heavy atom. The van der Waals surface area contributed by atoms with Gasteiger partial charge in [0.2, 0.25) is 0 Å². The van der Waals surface area contributed by atoms with E-state index in [1.165, 1.54) is 27.7 Å². The summed E-state index contributed by atoms with van der Waals surface area (Å²) in [5, 5.41) is 4.89. The van der Waals surface area contributed by atoms with Crippen molar-refractivity contribution in [2.45, 2.75) is 26.4 Å². The molecular weight excluding hydrogens is 499 g/mol. The second-order valence-corrected chi connectivity index (χ2v) is 8.10. The maximum Gasteiger partial charge on any atom is 0.193 e. The fourth-order valence-electron chi connectivity index (χ4n) is 4.37. The number of benzene rings is 2. The number of H-pyrrole nitrogens is 1. The van der Waals surface area contributed by atoms with E-state index in [9.17, 15) is 0 Å². The number of aromatic amines is 1. The standard InChI is InChI=1S/C25H32N4O.HI/c1-19-22(23-10-6-7-11-24(23)28-19)12-14-27-25(26-2)29-15-13-21(16-29)18-30-17-20-8-4-3-5-9-20;/h3-11,21,28H,12-18H2,1-2H3,(H,26,27);1H. The first kappa shape index (κ1) is 23.6. The van der Waals surface area contributed by atoms with Gasteiger partial charge in [0.15, 0.2) is 5.96 Å². The Labute approximate surface area is 202 Å². The minimum atomic E-state index is 0. The second kappa shape index (κ2) is 11.5. The van der Waals surface area contributed by atoms with Crippen LogP contribution < -0.4 is 5.32 Å². The Balaban J connectivity index is 0.00000272. The average molecular weight is 532 g/mol. The predicted octanol–water partition coefficient (Wildman–Crippen LogP) is 4.75. The molecule has 1 aromatic heterocycles. The van der Waals surface area contributed by atoms with Crippen LogP contribution in [0.2, 0.25) is 0 Å². The van der Waals surface area contributed by atoms with Crippen molar-refractivity contribution < 1.29 is 4.74 Å². The Morgan fingerprint density at radius 3 is 2.74 bits per heavy atom. The summed E-state index contributed by atoms with van der Waals surface area (Å²) in [4.78, 5) is 10.4. The molecule has 3 aromatic rings. The van der Waals surface area contributed by atoms with E-state index in [2.05, 4.69) is 75.6 Å². The fraction of sp³-hybridized carbons (Fsp3) is 0.400. The number of rotatable bonds is 7. The van der Waals surface area contributed by atoms with Crippen molar-refractivity contribution in [1.82, 2.24) is 15.2 Å². The minimum absolute atomic E-state index is 0. The van der Waals surface area contributed by atoms with Gasteiger partial charge in [-0.15, -0.1) is 24.0 Å². The first-order valence-corrected chi connectivity index (χ1v) is 10.9. The largest absolute Gasteiger partial charge is 0.376 e. The lowest BCUT2D eigenvalue weighted by molar-refractivity contribution is 0.0907. The van der Waals surface area contributed by atoms with Crippen molar-refractivity contribution in [2.75, 3.05) is 33.3 Å². The summed E-state index contributed by atoms with van der Waals surface area (Å²) in [7, 11) is 1.87. The van der Waals surface area contributed by atoms with Crippen LogP contribution >= 0.6 is 24.0 Å². The van der Waals surface area contributed by atoms with Crippen LogP contribution in [0.4, 0.5) is 0 Å². The van der Waals surface area contributed by atoms with E-state index in [0.29, 0.717) is 12.5 Å². The van der Waals surface area contributed by atoms with Crippen molar-refractivity contribution in [3.63, 3.8) is 0 Å². The molecule has 5 nitrogen and oxygen atoms in total. The molecule has 0 spiro atoms. The Kier molecular flexibility index (Phi) is 8.78. The van der Waals surface area contributed by atoms with Crippen molar-refractivity contribution in [3.05, 3.63) is 71.4 Å². The number of nitrogens with one attached hydrogen (secondary N) is 2. The zero-order chi connectivity index (χ0) is 20.8. The summed E-state index contributed by atoms with van der Waals surface area (Å²) in [5.41, 5.74) is 5.09. The summed E-state index contributed by atoms with van der Waals surface area (Å²) < 4.78 is 5.96. The van der Waals surface area contributed by atoms with Crippen LogP contribution in [0, 0.1) is 12.8 Å². The highest BCUT2D eigenvalue weighted by Crippen LogP contribution is 2.22. The number of aromatic nitrogens is 1. The molecule has 1 aliphatic heterocycles.